The lowest BCUT2D eigenvalue weighted by Crippen LogP contribution is -2.42. The van der Waals surface area contributed by atoms with Crippen molar-refractivity contribution in [3.8, 4) is 0 Å². The quantitative estimate of drug-likeness (QED) is 0.487. The Labute approximate surface area is 189 Å². The van der Waals surface area contributed by atoms with E-state index in [1.54, 1.807) is 17.5 Å². The Morgan fingerprint density at radius 1 is 1.26 bits per heavy atom. The van der Waals surface area contributed by atoms with Crippen LogP contribution in [0.2, 0.25) is 0 Å². The van der Waals surface area contributed by atoms with Crippen LogP contribution in [0.3, 0.4) is 0 Å². The number of thiophene rings is 1. The lowest BCUT2D eigenvalue weighted by Gasteiger charge is -2.29. The van der Waals surface area contributed by atoms with Crippen LogP contribution in [0.25, 0.3) is 10.2 Å². The van der Waals surface area contributed by atoms with E-state index in [4.69, 9.17) is 4.74 Å². The van der Waals surface area contributed by atoms with E-state index in [0.717, 1.165) is 10.2 Å². The molecule has 0 radical (unpaired) electrons. The van der Waals surface area contributed by atoms with Crippen LogP contribution in [0.1, 0.15) is 19.8 Å². The summed E-state index contributed by atoms with van der Waals surface area (Å²) in [7, 11) is -3.56. The number of thiazole rings is 1. The zero-order valence-electron chi connectivity index (χ0n) is 17.3. The van der Waals surface area contributed by atoms with Crippen molar-refractivity contribution in [2.75, 3.05) is 26.3 Å². The predicted octanol–water partition coefficient (Wildman–Crippen LogP) is 3.33. The van der Waals surface area contributed by atoms with Crippen LogP contribution in [0, 0.1) is 5.92 Å². The maximum Gasteiger partial charge on any atom is 0.252 e. The molecule has 1 amide bonds. The zero-order valence-corrected chi connectivity index (χ0v) is 19.7. The number of rotatable bonds is 7. The van der Waals surface area contributed by atoms with Gasteiger partial charge in [0.05, 0.1) is 22.7 Å². The number of hydrogen-bond donors (Lipinski definition) is 0. The molecule has 2 aromatic heterocycles. The third-order valence-electron chi connectivity index (χ3n) is 5.28. The second-order valence-corrected chi connectivity index (χ2v) is 11.4. The van der Waals surface area contributed by atoms with Gasteiger partial charge in [0.25, 0.3) is 15.9 Å². The van der Waals surface area contributed by atoms with Gasteiger partial charge in [-0.25, -0.2) is 8.42 Å². The molecule has 0 spiro atoms. The smallest absolute Gasteiger partial charge is 0.252 e. The van der Waals surface area contributed by atoms with Gasteiger partial charge in [-0.2, -0.15) is 9.30 Å². The summed E-state index contributed by atoms with van der Waals surface area (Å²) in [6, 6.07) is 11.3. The van der Waals surface area contributed by atoms with E-state index < -0.39 is 15.9 Å². The summed E-state index contributed by atoms with van der Waals surface area (Å²) in [5.41, 5.74) is 1.02. The van der Waals surface area contributed by atoms with E-state index in [1.165, 1.54) is 27.0 Å². The van der Waals surface area contributed by atoms with Gasteiger partial charge in [-0.05, 0) is 43.3 Å². The average Bonchev–Trinajstić information content (AvgIpc) is 3.43. The monoisotopic (exact) mass is 479 g/mol. The number of para-hydroxylation sites is 1. The van der Waals surface area contributed by atoms with Gasteiger partial charge in [-0.3, -0.25) is 4.79 Å². The Balaban J connectivity index is 1.60. The molecule has 7 nitrogen and oxygen atoms in total. The molecule has 0 aliphatic carbocycles. The highest BCUT2D eigenvalue weighted by Gasteiger charge is 2.33. The van der Waals surface area contributed by atoms with Crippen molar-refractivity contribution in [1.29, 1.82) is 0 Å². The number of carbonyl (C=O) groups excluding carboxylic acids is 1. The number of amides is 1. The molecular weight excluding hydrogens is 454 g/mol. The summed E-state index contributed by atoms with van der Waals surface area (Å²) < 4.78 is 36.0. The number of carbonyl (C=O) groups is 1. The number of hydrogen-bond acceptors (Lipinski definition) is 6. The molecule has 1 aliphatic heterocycles. The Kier molecular flexibility index (Phi) is 7.02. The molecule has 1 aliphatic rings. The van der Waals surface area contributed by atoms with Crippen molar-refractivity contribution in [3.05, 3.63) is 46.6 Å². The summed E-state index contributed by atoms with van der Waals surface area (Å²) in [6.45, 7) is 4.32. The van der Waals surface area contributed by atoms with Gasteiger partial charge in [-0.15, -0.1) is 11.3 Å². The van der Waals surface area contributed by atoms with E-state index in [-0.39, 0.29) is 12.5 Å². The highest BCUT2D eigenvalue weighted by atomic mass is 32.2. The standard InChI is InChI=1S/C21H25N3O4S3/c1-2-28-13-12-24-17-8-3-4-9-18(17)30-21(24)22-20(25)16-7-5-11-23(15-16)31(26,27)19-10-6-14-29-19/h3-4,6,8-10,14,16H,2,5,7,11-13,15H2,1H3. The van der Waals surface area contributed by atoms with E-state index >= 15 is 0 Å². The zero-order chi connectivity index (χ0) is 21.8. The van der Waals surface area contributed by atoms with Gasteiger partial charge >= 0.3 is 0 Å². The van der Waals surface area contributed by atoms with Gasteiger partial charge in [0, 0.05) is 26.2 Å². The second-order valence-electron chi connectivity index (χ2n) is 7.29. The molecule has 1 saturated heterocycles. The fourth-order valence-electron chi connectivity index (χ4n) is 3.71. The van der Waals surface area contributed by atoms with Gasteiger partial charge in [0.15, 0.2) is 4.80 Å². The minimum absolute atomic E-state index is 0.173. The Morgan fingerprint density at radius 2 is 2.10 bits per heavy atom. The third kappa shape index (κ3) is 4.83. The van der Waals surface area contributed by atoms with Gasteiger partial charge in [0.1, 0.15) is 4.21 Å². The third-order valence-corrected chi connectivity index (χ3v) is 9.58. The van der Waals surface area contributed by atoms with E-state index in [2.05, 4.69) is 4.99 Å². The number of aromatic nitrogens is 1. The van der Waals surface area contributed by atoms with Crippen molar-refractivity contribution in [1.82, 2.24) is 8.87 Å². The van der Waals surface area contributed by atoms with E-state index in [9.17, 15) is 13.2 Å². The van der Waals surface area contributed by atoms with Crippen LogP contribution in [-0.4, -0.2) is 49.5 Å². The molecule has 0 bridgehead atoms. The number of ether oxygens (including phenoxy) is 1. The molecule has 31 heavy (non-hydrogen) atoms. The summed E-state index contributed by atoms with van der Waals surface area (Å²) >= 11 is 2.67. The Bertz CT molecular complexity index is 1210. The van der Waals surface area contributed by atoms with Crippen LogP contribution in [0.4, 0.5) is 0 Å². The molecule has 3 heterocycles. The number of fused-ring (bicyclic) bond motifs is 1. The largest absolute Gasteiger partial charge is 0.380 e. The van der Waals surface area contributed by atoms with Crippen molar-refractivity contribution in [3.63, 3.8) is 0 Å². The first-order chi connectivity index (χ1) is 15.0. The minimum Gasteiger partial charge on any atom is -0.380 e. The Morgan fingerprint density at radius 3 is 2.87 bits per heavy atom. The molecule has 4 rings (SSSR count). The first kappa shape index (κ1) is 22.3. The molecular formula is C21H25N3O4S3. The average molecular weight is 480 g/mol. The predicted molar refractivity (Wildman–Crippen MR) is 123 cm³/mol. The van der Waals surface area contributed by atoms with Crippen LogP contribution >= 0.6 is 22.7 Å². The maximum absolute atomic E-state index is 13.1. The highest BCUT2D eigenvalue weighted by Crippen LogP contribution is 2.27. The number of nitrogens with zero attached hydrogens (tertiary/aromatic N) is 3. The fourth-order valence-corrected chi connectivity index (χ4v) is 7.44. The van der Waals surface area contributed by atoms with Crippen LogP contribution in [0.15, 0.2) is 51.0 Å². The fraction of sp³-hybridized carbons (Fsp3) is 0.429. The van der Waals surface area contributed by atoms with E-state index in [1.807, 2.05) is 35.8 Å². The van der Waals surface area contributed by atoms with Crippen molar-refractivity contribution < 1.29 is 17.9 Å². The molecule has 1 atom stereocenters. The second kappa shape index (κ2) is 9.74. The van der Waals surface area contributed by atoms with Crippen molar-refractivity contribution in [2.24, 2.45) is 10.9 Å². The maximum atomic E-state index is 13.1. The molecule has 1 aromatic carbocycles. The SMILES string of the molecule is CCOCCn1c(=NC(=O)C2CCCN(S(=O)(=O)c3cccs3)C2)sc2ccccc21. The van der Waals surface area contributed by atoms with Crippen LogP contribution < -0.4 is 4.80 Å². The summed E-state index contributed by atoms with van der Waals surface area (Å²) in [4.78, 5) is 18.1. The topological polar surface area (TPSA) is 81.0 Å². The van der Waals surface area contributed by atoms with Gasteiger partial charge < -0.3 is 9.30 Å². The van der Waals surface area contributed by atoms with Crippen molar-refractivity contribution in [2.45, 2.75) is 30.5 Å². The molecule has 0 N–H and O–H groups in total. The molecule has 166 valence electrons. The highest BCUT2D eigenvalue weighted by molar-refractivity contribution is 7.91. The number of benzene rings is 1. The number of piperidine rings is 1. The summed E-state index contributed by atoms with van der Waals surface area (Å²) in [5.74, 6) is -0.697. The van der Waals surface area contributed by atoms with Gasteiger partial charge in [-0.1, -0.05) is 29.5 Å². The molecule has 3 aromatic rings. The minimum atomic E-state index is -3.56. The normalized spacial score (nSPS) is 18.6. The Hall–Kier alpha value is -1.85. The molecule has 1 unspecified atom stereocenters. The summed E-state index contributed by atoms with van der Waals surface area (Å²) in [5, 5.41) is 1.75. The molecule has 0 saturated carbocycles. The lowest BCUT2D eigenvalue weighted by atomic mass is 9.99. The molecule has 1 fully saturated rings. The lowest BCUT2D eigenvalue weighted by molar-refractivity contribution is -0.122. The van der Waals surface area contributed by atoms with Crippen LogP contribution in [0.5, 0.6) is 0 Å². The number of sulfonamides is 1. The van der Waals surface area contributed by atoms with Gasteiger partial charge in [0.2, 0.25) is 0 Å². The van der Waals surface area contributed by atoms with Crippen LogP contribution in [-0.2, 0) is 26.1 Å². The first-order valence-electron chi connectivity index (χ1n) is 10.3. The van der Waals surface area contributed by atoms with E-state index in [0.29, 0.717) is 48.2 Å². The van der Waals surface area contributed by atoms with Crippen molar-refractivity contribution >= 4 is 48.8 Å². The first-order valence-corrected chi connectivity index (χ1v) is 13.4. The summed E-state index contributed by atoms with van der Waals surface area (Å²) in [6.07, 6.45) is 1.29. The molecule has 10 heteroatoms.